The van der Waals surface area contributed by atoms with E-state index >= 15 is 0 Å². The second-order valence-electron chi connectivity index (χ2n) is 14.3. The van der Waals surface area contributed by atoms with E-state index in [1.54, 1.807) is 0 Å². The number of hydrogen-bond donors (Lipinski definition) is 2. The third-order valence-electron chi connectivity index (χ3n) is 12.0. The zero-order chi connectivity index (χ0) is 33.4. The molecule has 0 saturated carbocycles. The molecular weight excluding hydrogens is 647 g/mol. The molecular formula is C32H59NaO11S2. The predicted molar refractivity (Wildman–Crippen MR) is 177 cm³/mol. The summed E-state index contributed by atoms with van der Waals surface area (Å²) in [6.07, 6.45) is 8.12. The van der Waals surface area contributed by atoms with Crippen molar-refractivity contribution in [2.24, 2.45) is 11.8 Å². The minimum absolute atomic E-state index is 0. The first-order chi connectivity index (χ1) is 21.0. The van der Waals surface area contributed by atoms with Crippen LogP contribution in [0, 0.1) is 11.8 Å². The molecule has 14 heteroatoms. The van der Waals surface area contributed by atoms with Gasteiger partial charge in [0.15, 0.2) is 0 Å². The van der Waals surface area contributed by atoms with Crippen molar-refractivity contribution in [3.63, 3.8) is 0 Å². The molecule has 0 aromatic carbocycles. The number of unbranched alkanes of at least 4 members (excludes halogenated alkanes) is 2. The third-order valence-corrected chi connectivity index (χ3v) is 15.3. The van der Waals surface area contributed by atoms with Gasteiger partial charge in [0, 0.05) is 25.7 Å². The van der Waals surface area contributed by atoms with E-state index in [0.717, 1.165) is 51.4 Å². The van der Waals surface area contributed by atoms with Gasteiger partial charge in [-0.05, 0) is 38.5 Å². The van der Waals surface area contributed by atoms with Crippen molar-refractivity contribution in [2.75, 3.05) is 26.4 Å². The second kappa shape index (κ2) is 15.1. The summed E-state index contributed by atoms with van der Waals surface area (Å²) >= 11 is 0. The van der Waals surface area contributed by atoms with Gasteiger partial charge in [-0.25, -0.2) is 0 Å². The molecule has 4 fully saturated rings. The number of ether oxygens (including phenoxy) is 5. The Balaban J connectivity index is 0.00000576. The van der Waals surface area contributed by atoms with Crippen LogP contribution in [0.3, 0.4) is 0 Å². The van der Waals surface area contributed by atoms with Gasteiger partial charge in [-0.15, -0.1) is 0 Å². The maximum atomic E-state index is 13.4. The van der Waals surface area contributed by atoms with Crippen molar-refractivity contribution in [3.05, 3.63) is 0 Å². The zero-order valence-corrected chi connectivity index (χ0v) is 29.9. The van der Waals surface area contributed by atoms with E-state index in [2.05, 4.69) is 13.8 Å². The second-order valence-corrected chi connectivity index (χ2v) is 18.0. The maximum absolute atomic E-state index is 13.4. The van der Waals surface area contributed by atoms with Crippen molar-refractivity contribution in [2.45, 2.75) is 164 Å². The Morgan fingerprint density at radius 2 is 0.957 bits per heavy atom. The summed E-state index contributed by atoms with van der Waals surface area (Å²) in [5, 5.41) is 0. The van der Waals surface area contributed by atoms with Crippen LogP contribution in [0.25, 0.3) is 0 Å². The zero-order valence-electron chi connectivity index (χ0n) is 28.3. The van der Waals surface area contributed by atoms with E-state index in [0.29, 0.717) is 0 Å². The average molecular weight is 707 g/mol. The quantitative estimate of drug-likeness (QED) is 0.123. The van der Waals surface area contributed by atoms with Crippen LogP contribution >= 0.6 is 0 Å². The fourth-order valence-corrected chi connectivity index (χ4v) is 11.0. The summed E-state index contributed by atoms with van der Waals surface area (Å²) in [5.74, 6) is -3.31. The summed E-state index contributed by atoms with van der Waals surface area (Å²) in [4.78, 5) is 0. The van der Waals surface area contributed by atoms with Crippen molar-refractivity contribution < 1.29 is 49.6 Å². The SMILES string of the molecule is CCCCC(CC)CC(C)(C1(C2(OC3(C4(C(C)(CC(CC)CCCC)S(=O)(=O)O)CCO4)CCO3)CCO2)CCO1)S(=O)(=O)O.[NaH]. The van der Waals surface area contributed by atoms with Gasteiger partial charge >= 0.3 is 29.6 Å². The van der Waals surface area contributed by atoms with Crippen LogP contribution in [0.15, 0.2) is 0 Å². The summed E-state index contributed by atoms with van der Waals surface area (Å²) < 4.78 is 104. The van der Waals surface area contributed by atoms with E-state index < -0.39 is 52.5 Å². The van der Waals surface area contributed by atoms with Gasteiger partial charge in [0.2, 0.25) is 11.6 Å². The molecule has 46 heavy (non-hydrogen) atoms. The Labute approximate surface area is 299 Å². The molecule has 0 aromatic heterocycles. The van der Waals surface area contributed by atoms with Crippen molar-refractivity contribution in [3.8, 4) is 0 Å². The fourth-order valence-electron chi connectivity index (χ4n) is 8.60. The van der Waals surface area contributed by atoms with Crippen LogP contribution in [0.2, 0.25) is 0 Å². The molecule has 11 nitrogen and oxygen atoms in total. The van der Waals surface area contributed by atoms with Gasteiger partial charge in [0.05, 0.1) is 26.4 Å². The van der Waals surface area contributed by atoms with E-state index in [4.69, 9.17) is 23.7 Å². The Kier molecular flexibility index (Phi) is 13.5. The predicted octanol–water partition coefficient (Wildman–Crippen LogP) is 5.41. The summed E-state index contributed by atoms with van der Waals surface area (Å²) in [6, 6.07) is 0. The Morgan fingerprint density at radius 1 is 0.652 bits per heavy atom. The van der Waals surface area contributed by atoms with Crippen molar-refractivity contribution >= 4 is 49.8 Å². The standard InChI is InChI=1S/C32H58O11S2.Na.H/c1-7-11-13-25(9-3)23-27(5,44(33,34)35)29(15-19-39-29)31(17-21-41-31)43-32(18-22-42-32)30(16-20-40-30)28(6,45(36,37)38)24-26(10-4)14-12-8-2;;/h25-26H,7-24H2,1-6H3,(H,33,34,35)(H,36,37,38);;. The van der Waals surface area contributed by atoms with Gasteiger partial charge in [0.25, 0.3) is 20.2 Å². The van der Waals surface area contributed by atoms with Crippen molar-refractivity contribution in [1.29, 1.82) is 0 Å². The Hall–Kier alpha value is 0.620. The molecule has 0 radical (unpaired) electrons. The van der Waals surface area contributed by atoms with Crippen molar-refractivity contribution in [1.82, 2.24) is 0 Å². The number of rotatable bonds is 20. The molecule has 4 heterocycles. The molecule has 4 aliphatic heterocycles. The van der Waals surface area contributed by atoms with Crippen LogP contribution in [0.4, 0.5) is 0 Å². The first-order valence-electron chi connectivity index (χ1n) is 17.2. The summed E-state index contributed by atoms with van der Waals surface area (Å²) in [7, 11) is -9.43. The molecule has 0 bridgehead atoms. The van der Waals surface area contributed by atoms with Gasteiger partial charge in [-0.1, -0.05) is 79.1 Å². The first kappa shape index (κ1) is 41.0. The third kappa shape index (κ3) is 6.46. The van der Waals surface area contributed by atoms with Crippen LogP contribution in [-0.2, 0) is 43.9 Å². The molecule has 4 rings (SSSR count). The molecule has 0 spiro atoms. The molecule has 0 amide bonds. The first-order valence-corrected chi connectivity index (χ1v) is 20.1. The van der Waals surface area contributed by atoms with Gasteiger partial charge in [-0.2, -0.15) is 16.8 Å². The number of hydrogen-bond acceptors (Lipinski definition) is 9. The van der Waals surface area contributed by atoms with E-state index in [1.165, 1.54) is 13.8 Å². The monoisotopic (exact) mass is 706 g/mol. The Morgan fingerprint density at radius 3 is 1.13 bits per heavy atom. The molecule has 0 aliphatic carbocycles. The molecule has 0 aromatic rings. The van der Waals surface area contributed by atoms with Gasteiger partial charge < -0.3 is 23.7 Å². The van der Waals surface area contributed by atoms with Crippen LogP contribution in [-0.4, -0.2) is 114 Å². The normalized spacial score (nSPS) is 35.1. The molecule has 2 N–H and O–H groups in total. The average Bonchev–Trinajstić information content (AvgIpc) is 2.87. The fraction of sp³-hybridized carbons (Fsp3) is 1.00. The van der Waals surface area contributed by atoms with E-state index in [-0.39, 0.29) is 106 Å². The molecule has 8 unspecified atom stereocenters. The topological polar surface area (TPSA) is 155 Å². The molecule has 266 valence electrons. The van der Waals surface area contributed by atoms with Crippen LogP contribution in [0.1, 0.15) is 131 Å². The van der Waals surface area contributed by atoms with Gasteiger partial charge in [0.1, 0.15) is 20.7 Å². The summed E-state index contributed by atoms with van der Waals surface area (Å²) in [6.45, 7) is 12.3. The van der Waals surface area contributed by atoms with Crippen LogP contribution < -0.4 is 0 Å². The Bertz CT molecular complexity index is 1130. The van der Waals surface area contributed by atoms with Crippen LogP contribution in [0.5, 0.6) is 0 Å². The van der Waals surface area contributed by atoms with Gasteiger partial charge in [-0.3, -0.25) is 9.11 Å². The summed E-state index contributed by atoms with van der Waals surface area (Å²) in [5.41, 5.74) is -3.16. The molecule has 8 atom stereocenters. The van der Waals surface area contributed by atoms with E-state index in [9.17, 15) is 25.9 Å². The van der Waals surface area contributed by atoms with E-state index in [1.807, 2.05) is 13.8 Å². The molecule has 4 aliphatic rings. The minimum atomic E-state index is -4.72. The molecule has 4 saturated heterocycles.